The van der Waals surface area contributed by atoms with E-state index in [0.29, 0.717) is 0 Å². The van der Waals surface area contributed by atoms with Crippen LogP contribution < -0.4 is 5.73 Å². The summed E-state index contributed by atoms with van der Waals surface area (Å²) in [5.74, 6) is 0. The maximum Gasteiger partial charge on any atom is 0.0691 e. The summed E-state index contributed by atoms with van der Waals surface area (Å²) in [6.07, 6.45) is 1.80. The average Bonchev–Trinajstić information content (AvgIpc) is 2.43. The lowest BCUT2D eigenvalue weighted by molar-refractivity contribution is 0.367. The Kier molecular flexibility index (Phi) is 4.10. The predicted octanol–water partition coefficient (Wildman–Crippen LogP) is 1.23. The number of rotatable bonds is 4. The molecule has 0 saturated carbocycles. The van der Waals surface area contributed by atoms with E-state index in [4.69, 9.17) is 5.73 Å². The van der Waals surface area contributed by atoms with Crippen LogP contribution in [0.5, 0.6) is 0 Å². The molecule has 0 saturated heterocycles. The lowest BCUT2D eigenvalue weighted by Gasteiger charge is -2.13. The Bertz CT molecular complexity index is 293. The molecule has 0 radical (unpaired) electrons. The van der Waals surface area contributed by atoms with Crippen LogP contribution in [0.1, 0.15) is 18.7 Å². The van der Waals surface area contributed by atoms with Crippen LogP contribution in [0.3, 0.4) is 0 Å². The third-order valence-corrected chi connectivity index (χ3v) is 2.63. The standard InChI is InChI=1S/C9H17BrN4/c1-7(11)9-8(10)6-12-14(9)5-4-13(2)3/h6-7H,4-5,11H2,1-3H3. The summed E-state index contributed by atoms with van der Waals surface area (Å²) in [4.78, 5) is 2.13. The summed E-state index contributed by atoms with van der Waals surface area (Å²) in [5, 5.41) is 4.27. The number of aromatic nitrogens is 2. The van der Waals surface area contributed by atoms with E-state index in [2.05, 4.69) is 25.9 Å². The average molecular weight is 261 g/mol. The Morgan fingerprint density at radius 1 is 1.64 bits per heavy atom. The van der Waals surface area contributed by atoms with Crippen LogP contribution in [-0.2, 0) is 6.54 Å². The molecule has 4 nitrogen and oxygen atoms in total. The zero-order valence-corrected chi connectivity index (χ0v) is 10.5. The Labute approximate surface area is 93.2 Å². The first-order valence-corrected chi connectivity index (χ1v) is 5.43. The van der Waals surface area contributed by atoms with Crippen molar-refractivity contribution in [3.05, 3.63) is 16.4 Å². The molecule has 0 aromatic carbocycles. The van der Waals surface area contributed by atoms with Crippen LogP contribution in [0.25, 0.3) is 0 Å². The van der Waals surface area contributed by atoms with Gasteiger partial charge in [-0.05, 0) is 36.9 Å². The number of hydrogen-bond donors (Lipinski definition) is 1. The van der Waals surface area contributed by atoms with Gasteiger partial charge in [-0.3, -0.25) is 4.68 Å². The first-order chi connectivity index (χ1) is 6.52. The highest BCUT2D eigenvalue weighted by molar-refractivity contribution is 9.10. The second kappa shape index (κ2) is 4.91. The SMILES string of the molecule is CC(N)c1c(Br)cnn1CCN(C)C. The van der Waals surface area contributed by atoms with Crippen molar-refractivity contribution >= 4 is 15.9 Å². The van der Waals surface area contributed by atoms with Crippen molar-refractivity contribution in [3.63, 3.8) is 0 Å². The molecule has 0 spiro atoms. The van der Waals surface area contributed by atoms with Crippen molar-refractivity contribution in [2.75, 3.05) is 20.6 Å². The van der Waals surface area contributed by atoms with E-state index in [1.165, 1.54) is 0 Å². The van der Waals surface area contributed by atoms with Gasteiger partial charge in [0.1, 0.15) is 0 Å². The molecule has 0 aliphatic rings. The fourth-order valence-corrected chi connectivity index (χ4v) is 1.95. The highest BCUT2D eigenvalue weighted by atomic mass is 79.9. The molecule has 80 valence electrons. The molecule has 0 aliphatic carbocycles. The van der Waals surface area contributed by atoms with Gasteiger partial charge < -0.3 is 10.6 Å². The molecule has 1 heterocycles. The zero-order valence-electron chi connectivity index (χ0n) is 8.87. The molecular weight excluding hydrogens is 244 g/mol. The quantitative estimate of drug-likeness (QED) is 0.886. The number of nitrogens with two attached hydrogens (primary N) is 1. The van der Waals surface area contributed by atoms with Crippen LogP contribution in [0.4, 0.5) is 0 Å². The third-order valence-electron chi connectivity index (χ3n) is 2.02. The molecule has 0 aliphatic heterocycles. The molecule has 1 rings (SSSR count). The molecule has 1 atom stereocenters. The van der Waals surface area contributed by atoms with E-state index >= 15 is 0 Å². The minimum atomic E-state index is 0.00837. The monoisotopic (exact) mass is 260 g/mol. The highest BCUT2D eigenvalue weighted by Gasteiger charge is 2.12. The second-order valence-electron chi connectivity index (χ2n) is 3.69. The van der Waals surface area contributed by atoms with Crippen LogP contribution in [0.2, 0.25) is 0 Å². The molecule has 2 N–H and O–H groups in total. The van der Waals surface area contributed by atoms with E-state index in [9.17, 15) is 0 Å². The normalized spacial score (nSPS) is 13.6. The summed E-state index contributed by atoms with van der Waals surface area (Å²) in [5.41, 5.74) is 6.92. The van der Waals surface area contributed by atoms with E-state index in [0.717, 1.165) is 23.3 Å². The second-order valence-corrected chi connectivity index (χ2v) is 4.55. The van der Waals surface area contributed by atoms with Gasteiger partial charge in [-0.1, -0.05) is 0 Å². The molecule has 1 aromatic rings. The Hall–Kier alpha value is -0.390. The van der Waals surface area contributed by atoms with Gasteiger partial charge >= 0.3 is 0 Å². The number of nitrogens with zero attached hydrogens (tertiary/aromatic N) is 3. The van der Waals surface area contributed by atoms with Gasteiger partial charge in [0.05, 0.1) is 22.9 Å². The van der Waals surface area contributed by atoms with Gasteiger partial charge in [0, 0.05) is 12.6 Å². The molecule has 1 aromatic heterocycles. The van der Waals surface area contributed by atoms with Crippen molar-refractivity contribution < 1.29 is 0 Å². The summed E-state index contributed by atoms with van der Waals surface area (Å²) in [7, 11) is 4.09. The summed E-state index contributed by atoms with van der Waals surface area (Å²) in [6, 6.07) is 0.00837. The van der Waals surface area contributed by atoms with E-state index < -0.39 is 0 Å². The molecule has 0 amide bonds. The van der Waals surface area contributed by atoms with E-state index in [1.54, 1.807) is 6.20 Å². The number of halogens is 1. The fourth-order valence-electron chi connectivity index (χ4n) is 1.30. The topological polar surface area (TPSA) is 47.1 Å². The summed E-state index contributed by atoms with van der Waals surface area (Å²) in [6.45, 7) is 3.80. The molecule has 0 fully saturated rings. The molecular formula is C9H17BrN4. The number of likely N-dealkylation sites (N-methyl/N-ethyl adjacent to an activating group) is 1. The maximum absolute atomic E-state index is 5.86. The number of hydrogen-bond acceptors (Lipinski definition) is 3. The molecule has 14 heavy (non-hydrogen) atoms. The van der Waals surface area contributed by atoms with E-state index in [-0.39, 0.29) is 6.04 Å². The summed E-state index contributed by atoms with van der Waals surface area (Å²) >= 11 is 3.45. The maximum atomic E-state index is 5.86. The lowest BCUT2D eigenvalue weighted by Crippen LogP contribution is -2.22. The molecule has 0 bridgehead atoms. The third kappa shape index (κ3) is 2.80. The zero-order chi connectivity index (χ0) is 10.7. The van der Waals surface area contributed by atoms with E-state index in [1.807, 2.05) is 25.7 Å². The van der Waals surface area contributed by atoms with Gasteiger partial charge in [-0.15, -0.1) is 0 Å². The molecule has 5 heteroatoms. The van der Waals surface area contributed by atoms with Gasteiger partial charge in [0.25, 0.3) is 0 Å². The minimum Gasteiger partial charge on any atom is -0.323 e. The van der Waals surface area contributed by atoms with Crippen LogP contribution in [-0.4, -0.2) is 35.3 Å². The van der Waals surface area contributed by atoms with Crippen molar-refractivity contribution in [1.29, 1.82) is 0 Å². The first-order valence-electron chi connectivity index (χ1n) is 4.64. The van der Waals surface area contributed by atoms with Gasteiger partial charge in [0.2, 0.25) is 0 Å². The minimum absolute atomic E-state index is 0.00837. The molecule has 1 unspecified atom stereocenters. The Morgan fingerprint density at radius 2 is 2.29 bits per heavy atom. The lowest BCUT2D eigenvalue weighted by atomic mass is 10.2. The summed E-state index contributed by atoms with van der Waals surface area (Å²) < 4.78 is 2.95. The van der Waals surface area contributed by atoms with Crippen molar-refractivity contribution in [2.24, 2.45) is 5.73 Å². The Morgan fingerprint density at radius 3 is 2.79 bits per heavy atom. The smallest absolute Gasteiger partial charge is 0.0691 e. The highest BCUT2D eigenvalue weighted by Crippen LogP contribution is 2.21. The fraction of sp³-hybridized carbons (Fsp3) is 0.667. The van der Waals surface area contributed by atoms with Gasteiger partial charge in [0.15, 0.2) is 0 Å². The van der Waals surface area contributed by atoms with Gasteiger partial charge in [-0.2, -0.15) is 5.10 Å². The van der Waals surface area contributed by atoms with Gasteiger partial charge in [-0.25, -0.2) is 0 Å². The van der Waals surface area contributed by atoms with Crippen LogP contribution in [0, 0.1) is 0 Å². The largest absolute Gasteiger partial charge is 0.323 e. The Balaban J connectivity index is 2.76. The van der Waals surface area contributed by atoms with Crippen molar-refractivity contribution in [1.82, 2.24) is 14.7 Å². The van der Waals surface area contributed by atoms with Crippen molar-refractivity contribution in [2.45, 2.75) is 19.5 Å². The van der Waals surface area contributed by atoms with Crippen molar-refractivity contribution in [3.8, 4) is 0 Å². The predicted molar refractivity (Wildman–Crippen MR) is 61.1 cm³/mol. The van der Waals surface area contributed by atoms with Crippen LogP contribution in [0.15, 0.2) is 10.7 Å². The first kappa shape index (κ1) is 11.7. The van der Waals surface area contributed by atoms with Crippen LogP contribution >= 0.6 is 15.9 Å².